The fourth-order valence-corrected chi connectivity index (χ4v) is 2.71. The Labute approximate surface area is 154 Å². The molecule has 4 nitrogen and oxygen atoms in total. The molecule has 1 saturated heterocycles. The average molecular weight is 352 g/mol. The van der Waals surface area contributed by atoms with Crippen LogP contribution in [0.25, 0.3) is 17.3 Å². The largest absolute Gasteiger partial charge is 0.525 e. The van der Waals surface area contributed by atoms with Gasteiger partial charge in [-0.3, -0.25) is 4.68 Å². The molecular weight excluding hydrogens is 330 g/mol. The Morgan fingerprint density at radius 1 is 1.23 bits per heavy atom. The van der Waals surface area contributed by atoms with Crippen molar-refractivity contribution >= 4 is 13.2 Å². The molecule has 0 atom stereocenters. The minimum atomic E-state index is -1.04. The van der Waals surface area contributed by atoms with Gasteiger partial charge in [-0.1, -0.05) is 36.3 Å². The van der Waals surface area contributed by atoms with E-state index in [4.69, 9.17) is 15.7 Å². The molecule has 3 rings (SSSR count). The summed E-state index contributed by atoms with van der Waals surface area (Å²) >= 11 is 0. The van der Waals surface area contributed by atoms with Crippen LogP contribution in [0.15, 0.2) is 42.3 Å². The molecule has 1 fully saturated rings. The molecule has 2 heterocycles. The SMILES string of the molecule is C#CCn1cc(C=C(F)B2OC(C)(C)C(C)(C)O2)c(-c2ccccc2)n1. The van der Waals surface area contributed by atoms with Crippen LogP contribution in [0.4, 0.5) is 4.39 Å². The predicted molar refractivity (Wildman–Crippen MR) is 102 cm³/mol. The number of nitrogens with zero attached hydrogens (tertiary/aromatic N) is 2. The molecule has 0 amide bonds. The van der Waals surface area contributed by atoms with Gasteiger partial charge in [-0.05, 0) is 33.8 Å². The van der Waals surface area contributed by atoms with E-state index in [9.17, 15) is 4.39 Å². The molecule has 6 heteroatoms. The molecule has 0 aliphatic carbocycles. The van der Waals surface area contributed by atoms with Crippen LogP contribution < -0.4 is 0 Å². The maximum atomic E-state index is 14.9. The van der Waals surface area contributed by atoms with E-state index < -0.39 is 24.0 Å². The molecule has 134 valence electrons. The molecule has 26 heavy (non-hydrogen) atoms. The smallest absolute Gasteiger partial charge is 0.398 e. The van der Waals surface area contributed by atoms with Crippen molar-refractivity contribution in [3.05, 3.63) is 47.8 Å². The fraction of sp³-hybridized carbons (Fsp3) is 0.350. The summed E-state index contributed by atoms with van der Waals surface area (Å²) in [6.45, 7) is 7.87. The molecule has 0 unspecified atom stereocenters. The van der Waals surface area contributed by atoms with E-state index in [1.165, 1.54) is 6.08 Å². The maximum absolute atomic E-state index is 14.9. The predicted octanol–water partition coefficient (Wildman–Crippen LogP) is 4.13. The van der Waals surface area contributed by atoms with Gasteiger partial charge in [0.05, 0.1) is 16.9 Å². The van der Waals surface area contributed by atoms with Crippen molar-refractivity contribution in [2.45, 2.75) is 45.4 Å². The Balaban J connectivity index is 1.96. The summed E-state index contributed by atoms with van der Waals surface area (Å²) in [6, 6.07) is 9.59. The van der Waals surface area contributed by atoms with Crippen LogP contribution in [0.1, 0.15) is 33.3 Å². The molecule has 0 bridgehead atoms. The summed E-state index contributed by atoms with van der Waals surface area (Å²) in [7, 11) is -1.04. The van der Waals surface area contributed by atoms with Crippen LogP contribution in [0.2, 0.25) is 0 Å². The van der Waals surface area contributed by atoms with Gasteiger partial charge in [0.1, 0.15) is 12.3 Å². The lowest BCUT2D eigenvalue weighted by atomic mass is 9.86. The third-order valence-electron chi connectivity index (χ3n) is 4.86. The van der Waals surface area contributed by atoms with Gasteiger partial charge in [0.25, 0.3) is 0 Å². The molecule has 1 aromatic carbocycles. The lowest BCUT2D eigenvalue weighted by molar-refractivity contribution is 0.00578. The number of rotatable bonds is 4. The monoisotopic (exact) mass is 352 g/mol. The lowest BCUT2D eigenvalue weighted by Gasteiger charge is -2.32. The number of hydrogen-bond acceptors (Lipinski definition) is 3. The van der Waals surface area contributed by atoms with Crippen molar-refractivity contribution in [2.75, 3.05) is 0 Å². The molecule has 1 aromatic heterocycles. The van der Waals surface area contributed by atoms with Crippen molar-refractivity contribution in [2.24, 2.45) is 0 Å². The number of benzene rings is 1. The Morgan fingerprint density at radius 3 is 2.42 bits per heavy atom. The second-order valence-electron chi connectivity index (χ2n) is 7.32. The van der Waals surface area contributed by atoms with Gasteiger partial charge in [0.2, 0.25) is 0 Å². The first kappa shape index (κ1) is 18.4. The zero-order chi connectivity index (χ0) is 18.9. The van der Waals surface area contributed by atoms with E-state index in [2.05, 4.69) is 11.0 Å². The molecule has 1 aliphatic heterocycles. The highest BCUT2D eigenvalue weighted by atomic mass is 19.1. The molecule has 1 aliphatic rings. The van der Waals surface area contributed by atoms with E-state index in [0.29, 0.717) is 17.8 Å². The van der Waals surface area contributed by atoms with E-state index in [-0.39, 0.29) is 0 Å². The van der Waals surface area contributed by atoms with Crippen LogP contribution >= 0.6 is 0 Å². The fourth-order valence-electron chi connectivity index (χ4n) is 2.71. The first-order valence-corrected chi connectivity index (χ1v) is 8.52. The quantitative estimate of drug-likeness (QED) is 0.613. The lowest BCUT2D eigenvalue weighted by Crippen LogP contribution is -2.41. The van der Waals surface area contributed by atoms with Gasteiger partial charge in [-0.25, -0.2) is 4.39 Å². The molecule has 0 N–H and O–H groups in total. The maximum Gasteiger partial charge on any atom is 0.525 e. The summed E-state index contributed by atoms with van der Waals surface area (Å²) in [5.41, 5.74) is 0.473. The summed E-state index contributed by atoms with van der Waals surface area (Å²) in [5, 5.41) is 4.49. The third kappa shape index (κ3) is 3.46. The van der Waals surface area contributed by atoms with Crippen molar-refractivity contribution in [3.63, 3.8) is 0 Å². The number of terminal acetylenes is 1. The summed E-state index contributed by atoms with van der Waals surface area (Å²) in [6.07, 6.45) is 8.52. The zero-order valence-corrected chi connectivity index (χ0v) is 15.5. The van der Waals surface area contributed by atoms with Crippen molar-refractivity contribution < 1.29 is 13.7 Å². The normalized spacial score (nSPS) is 18.8. The van der Waals surface area contributed by atoms with Crippen molar-refractivity contribution in [1.82, 2.24) is 9.78 Å². The highest BCUT2D eigenvalue weighted by molar-refractivity contribution is 6.54. The van der Waals surface area contributed by atoms with Crippen molar-refractivity contribution in [3.8, 4) is 23.6 Å². The van der Waals surface area contributed by atoms with Gasteiger partial charge >= 0.3 is 7.12 Å². The summed E-state index contributed by atoms with van der Waals surface area (Å²) < 4.78 is 28.1. The minimum Gasteiger partial charge on any atom is -0.398 e. The third-order valence-corrected chi connectivity index (χ3v) is 4.86. The van der Waals surface area contributed by atoms with Crippen LogP contribution in [0.3, 0.4) is 0 Å². The number of hydrogen-bond donors (Lipinski definition) is 0. The standard InChI is InChI=1S/C20H22BFN2O2/c1-6-12-24-14-16(18(23-24)15-10-8-7-9-11-15)13-17(22)21-25-19(2,3)20(4,5)26-21/h1,7-11,13-14H,12H2,2-5H3. The van der Waals surface area contributed by atoms with Gasteiger partial charge in [-0.2, -0.15) is 5.10 Å². The Hall–Kier alpha value is -2.36. The van der Waals surface area contributed by atoms with E-state index in [1.807, 2.05) is 58.0 Å². The van der Waals surface area contributed by atoms with Crippen molar-refractivity contribution in [1.29, 1.82) is 0 Å². The van der Waals surface area contributed by atoms with E-state index in [1.54, 1.807) is 10.9 Å². The van der Waals surface area contributed by atoms with Gasteiger partial charge in [0, 0.05) is 17.3 Å². The van der Waals surface area contributed by atoms with E-state index >= 15 is 0 Å². The van der Waals surface area contributed by atoms with Gasteiger partial charge in [-0.15, -0.1) is 6.42 Å². The summed E-state index contributed by atoms with van der Waals surface area (Å²) in [4.78, 5) is 0. The molecule has 0 saturated carbocycles. The Morgan fingerprint density at radius 2 is 1.85 bits per heavy atom. The van der Waals surface area contributed by atoms with Gasteiger partial charge in [0.15, 0.2) is 0 Å². The second-order valence-corrected chi connectivity index (χ2v) is 7.32. The molecule has 0 spiro atoms. The number of aromatic nitrogens is 2. The minimum absolute atomic E-state index is 0.311. The molecule has 2 aromatic rings. The Kier molecular flexibility index (Phi) is 4.79. The molecular formula is C20H22BFN2O2. The molecule has 0 radical (unpaired) electrons. The summed E-state index contributed by atoms with van der Waals surface area (Å²) in [5.74, 6) is 2.54. The Bertz CT molecular complexity index is 850. The van der Waals surface area contributed by atoms with Crippen LogP contribution in [-0.2, 0) is 15.9 Å². The van der Waals surface area contributed by atoms with Crippen LogP contribution in [0, 0.1) is 12.3 Å². The topological polar surface area (TPSA) is 36.3 Å². The highest BCUT2D eigenvalue weighted by Crippen LogP contribution is 2.39. The zero-order valence-electron chi connectivity index (χ0n) is 15.5. The first-order valence-electron chi connectivity index (χ1n) is 8.52. The van der Waals surface area contributed by atoms with Crippen LogP contribution in [0.5, 0.6) is 0 Å². The van der Waals surface area contributed by atoms with E-state index in [0.717, 1.165) is 5.56 Å². The number of halogens is 1. The van der Waals surface area contributed by atoms with Gasteiger partial charge < -0.3 is 9.31 Å². The first-order chi connectivity index (χ1) is 12.2. The second kappa shape index (κ2) is 6.75. The average Bonchev–Trinajstić information content (AvgIpc) is 3.06. The van der Waals surface area contributed by atoms with Crippen LogP contribution in [-0.4, -0.2) is 28.1 Å². The highest BCUT2D eigenvalue weighted by Gasteiger charge is 2.53.